The maximum absolute atomic E-state index is 11.2. The van der Waals surface area contributed by atoms with Crippen LogP contribution in [0, 0.1) is 0 Å². The van der Waals surface area contributed by atoms with Crippen molar-refractivity contribution in [3.63, 3.8) is 0 Å². The van der Waals surface area contributed by atoms with Gasteiger partial charge in [-0.1, -0.05) is 32.0 Å². The summed E-state index contributed by atoms with van der Waals surface area (Å²) in [6.45, 7) is 5.54. The third-order valence-corrected chi connectivity index (χ3v) is 4.33. The number of aryl methyl sites for hydroxylation is 1. The van der Waals surface area contributed by atoms with E-state index in [1.54, 1.807) is 0 Å². The molecule has 1 aromatic heterocycles. The zero-order valence-electron chi connectivity index (χ0n) is 12.8. The van der Waals surface area contributed by atoms with Crippen molar-refractivity contribution in [1.82, 2.24) is 15.1 Å². The number of fused-ring (bicyclic) bond motifs is 1. The van der Waals surface area contributed by atoms with E-state index in [0.717, 1.165) is 23.1 Å². The largest absolute Gasteiger partial charge is 0.309 e. The zero-order chi connectivity index (χ0) is 15.5. The summed E-state index contributed by atoms with van der Waals surface area (Å²) < 4.78 is 24.4. The molecule has 0 radical (unpaired) electrons. The number of nitrogens with one attached hydrogen (secondary N) is 1. The van der Waals surface area contributed by atoms with Crippen molar-refractivity contribution in [2.75, 3.05) is 12.0 Å². The molecule has 2 rings (SSSR count). The predicted octanol–water partition coefficient (Wildman–Crippen LogP) is 1.97. The lowest BCUT2D eigenvalue weighted by molar-refractivity contribution is 0.557. The van der Waals surface area contributed by atoms with Gasteiger partial charge < -0.3 is 5.32 Å². The number of hydrogen-bond acceptors (Lipinski definition) is 4. The third-order valence-electron chi connectivity index (χ3n) is 3.30. The summed E-state index contributed by atoms with van der Waals surface area (Å²) in [5, 5.41) is 9.15. The maximum Gasteiger partial charge on any atom is 0.147 e. The zero-order valence-corrected chi connectivity index (χ0v) is 13.7. The van der Waals surface area contributed by atoms with Crippen molar-refractivity contribution < 1.29 is 8.42 Å². The lowest BCUT2D eigenvalue weighted by Gasteiger charge is -2.05. The molecule has 0 saturated heterocycles. The first-order valence-corrected chi connectivity index (χ1v) is 9.28. The monoisotopic (exact) mass is 309 g/mol. The Morgan fingerprint density at radius 2 is 2.00 bits per heavy atom. The lowest BCUT2D eigenvalue weighted by Crippen LogP contribution is -2.22. The highest BCUT2D eigenvalue weighted by Crippen LogP contribution is 2.18. The Kier molecular flexibility index (Phi) is 5.00. The normalized spacial score (nSPS) is 12.4. The van der Waals surface area contributed by atoms with Crippen molar-refractivity contribution in [2.24, 2.45) is 0 Å². The average molecular weight is 309 g/mol. The third kappa shape index (κ3) is 4.54. The Bertz CT molecular complexity index is 705. The quantitative estimate of drug-likeness (QED) is 0.849. The number of nitrogens with zero attached hydrogens (tertiary/aromatic N) is 2. The Hall–Kier alpha value is -1.40. The number of hydrogen-bond donors (Lipinski definition) is 1. The van der Waals surface area contributed by atoms with Crippen LogP contribution in [0.5, 0.6) is 0 Å². The second kappa shape index (κ2) is 6.58. The average Bonchev–Trinajstić information content (AvgIpc) is 2.74. The first-order chi connectivity index (χ1) is 9.87. The molecule has 0 saturated carbocycles. The summed E-state index contributed by atoms with van der Waals surface area (Å²) in [5.41, 5.74) is 2.07. The highest BCUT2D eigenvalue weighted by atomic mass is 32.2. The molecule has 0 atom stereocenters. The van der Waals surface area contributed by atoms with Gasteiger partial charge in [0.15, 0.2) is 0 Å². The number of aromatic nitrogens is 2. The molecule has 5 nitrogen and oxygen atoms in total. The Morgan fingerprint density at radius 3 is 2.67 bits per heavy atom. The van der Waals surface area contributed by atoms with Gasteiger partial charge in [-0.25, -0.2) is 8.42 Å². The molecule has 0 spiro atoms. The molecule has 0 fully saturated rings. The summed E-state index contributed by atoms with van der Waals surface area (Å²) >= 11 is 0. The van der Waals surface area contributed by atoms with E-state index in [0.29, 0.717) is 19.0 Å². The highest BCUT2D eigenvalue weighted by Gasteiger charge is 2.11. The van der Waals surface area contributed by atoms with Gasteiger partial charge in [0.05, 0.1) is 17.0 Å². The summed E-state index contributed by atoms with van der Waals surface area (Å²) in [4.78, 5) is 0. The van der Waals surface area contributed by atoms with Crippen LogP contribution in [0.25, 0.3) is 10.9 Å². The van der Waals surface area contributed by atoms with Crippen LogP contribution in [0.2, 0.25) is 0 Å². The highest BCUT2D eigenvalue weighted by molar-refractivity contribution is 7.90. The van der Waals surface area contributed by atoms with E-state index in [-0.39, 0.29) is 5.75 Å². The standard InChI is InChI=1S/C15H23N3O2S/c1-12(2)16-11-14-13-7-4-5-8-15(13)18(17-14)9-6-10-21(3,19)20/h4-5,7-8,12,16H,6,9-11H2,1-3H3. The minimum Gasteiger partial charge on any atom is -0.309 e. The van der Waals surface area contributed by atoms with Gasteiger partial charge in [0, 0.05) is 30.8 Å². The fourth-order valence-corrected chi connectivity index (χ4v) is 2.93. The van der Waals surface area contributed by atoms with Gasteiger partial charge in [0.25, 0.3) is 0 Å². The molecule has 21 heavy (non-hydrogen) atoms. The molecule has 0 bridgehead atoms. The molecule has 1 heterocycles. The van der Waals surface area contributed by atoms with Gasteiger partial charge >= 0.3 is 0 Å². The lowest BCUT2D eigenvalue weighted by atomic mass is 10.2. The molecule has 1 aromatic carbocycles. The molecule has 0 unspecified atom stereocenters. The van der Waals surface area contributed by atoms with Crippen molar-refractivity contribution in [2.45, 2.75) is 39.4 Å². The molecule has 0 aliphatic heterocycles. The fourth-order valence-electron chi connectivity index (χ4n) is 2.27. The number of para-hydroxylation sites is 1. The van der Waals surface area contributed by atoms with Crippen LogP contribution in [0.3, 0.4) is 0 Å². The van der Waals surface area contributed by atoms with Crippen LogP contribution in [-0.4, -0.2) is 36.2 Å². The van der Waals surface area contributed by atoms with Crippen LogP contribution in [0.4, 0.5) is 0 Å². The molecular weight excluding hydrogens is 286 g/mol. The molecule has 0 amide bonds. The summed E-state index contributed by atoms with van der Waals surface area (Å²) in [6.07, 6.45) is 1.85. The van der Waals surface area contributed by atoms with Crippen LogP contribution < -0.4 is 5.32 Å². The van der Waals surface area contributed by atoms with Gasteiger partial charge in [-0.05, 0) is 12.5 Å². The van der Waals surface area contributed by atoms with E-state index in [4.69, 9.17) is 0 Å². The van der Waals surface area contributed by atoms with Crippen molar-refractivity contribution in [3.05, 3.63) is 30.0 Å². The molecule has 6 heteroatoms. The molecular formula is C15H23N3O2S. The van der Waals surface area contributed by atoms with Crippen LogP contribution in [0.1, 0.15) is 26.0 Å². The molecule has 0 aliphatic rings. The van der Waals surface area contributed by atoms with Crippen molar-refractivity contribution in [1.29, 1.82) is 0 Å². The number of benzene rings is 1. The minimum absolute atomic E-state index is 0.195. The van der Waals surface area contributed by atoms with Crippen LogP contribution >= 0.6 is 0 Å². The van der Waals surface area contributed by atoms with Crippen molar-refractivity contribution >= 4 is 20.7 Å². The van der Waals surface area contributed by atoms with E-state index in [1.165, 1.54) is 6.26 Å². The first kappa shape index (κ1) is 16.0. The first-order valence-electron chi connectivity index (χ1n) is 7.22. The van der Waals surface area contributed by atoms with E-state index in [2.05, 4.69) is 30.3 Å². The summed E-state index contributed by atoms with van der Waals surface area (Å²) in [7, 11) is -2.92. The number of rotatable bonds is 7. The van der Waals surface area contributed by atoms with Gasteiger partial charge in [-0.15, -0.1) is 0 Å². The SMILES string of the molecule is CC(C)NCc1nn(CCCS(C)(=O)=O)c2ccccc12. The topological polar surface area (TPSA) is 64.0 Å². The van der Waals surface area contributed by atoms with E-state index < -0.39 is 9.84 Å². The number of sulfone groups is 1. The molecule has 1 N–H and O–H groups in total. The van der Waals surface area contributed by atoms with E-state index in [1.807, 2.05) is 22.9 Å². The molecule has 0 aliphatic carbocycles. The predicted molar refractivity (Wildman–Crippen MR) is 86.0 cm³/mol. The van der Waals surface area contributed by atoms with E-state index in [9.17, 15) is 8.42 Å². The van der Waals surface area contributed by atoms with Crippen LogP contribution in [0.15, 0.2) is 24.3 Å². The van der Waals surface area contributed by atoms with E-state index >= 15 is 0 Å². The molecule has 116 valence electrons. The second-order valence-corrected chi connectivity index (χ2v) is 7.97. The van der Waals surface area contributed by atoms with Gasteiger partial charge in [0.1, 0.15) is 9.84 Å². The Balaban J connectivity index is 2.19. The minimum atomic E-state index is -2.92. The smallest absolute Gasteiger partial charge is 0.147 e. The van der Waals surface area contributed by atoms with Crippen LogP contribution in [-0.2, 0) is 22.9 Å². The van der Waals surface area contributed by atoms with Gasteiger partial charge in [-0.2, -0.15) is 5.10 Å². The Morgan fingerprint density at radius 1 is 1.29 bits per heavy atom. The maximum atomic E-state index is 11.2. The molecule has 2 aromatic rings. The second-order valence-electron chi connectivity index (χ2n) is 5.71. The van der Waals surface area contributed by atoms with Crippen molar-refractivity contribution in [3.8, 4) is 0 Å². The fraction of sp³-hybridized carbons (Fsp3) is 0.533. The summed E-state index contributed by atoms with van der Waals surface area (Å²) in [5.74, 6) is 0.195. The summed E-state index contributed by atoms with van der Waals surface area (Å²) in [6, 6.07) is 8.48. The Labute approximate surface area is 126 Å². The van der Waals surface area contributed by atoms with Gasteiger partial charge in [-0.3, -0.25) is 4.68 Å². The van der Waals surface area contributed by atoms with Gasteiger partial charge in [0.2, 0.25) is 0 Å².